The number of thioether (sulfide) groups is 1. The molecule has 1 amide bonds. The third kappa shape index (κ3) is 3.69. The Hall–Kier alpha value is -2.78. The maximum Gasteiger partial charge on any atom is 0.352 e. The first-order chi connectivity index (χ1) is 13.0. The van der Waals surface area contributed by atoms with Gasteiger partial charge in [0.15, 0.2) is 0 Å². The van der Waals surface area contributed by atoms with Crippen LogP contribution in [0.2, 0.25) is 0 Å². The predicted octanol–water partition coefficient (Wildman–Crippen LogP) is 1.42. The summed E-state index contributed by atoms with van der Waals surface area (Å²) in [6.07, 6.45) is 0.374. The fourth-order valence-corrected chi connectivity index (χ4v) is 4.14. The highest BCUT2D eigenvalue weighted by Gasteiger charge is 2.45. The molecule has 142 valence electrons. The molecule has 1 saturated heterocycles. The van der Waals surface area contributed by atoms with Gasteiger partial charge in [0.25, 0.3) is 0 Å². The molecule has 0 spiro atoms. The third-order valence-electron chi connectivity index (χ3n) is 4.14. The molecule has 2 N–H and O–H groups in total. The minimum Gasteiger partial charge on any atom is -0.489 e. The maximum atomic E-state index is 11.7. The second-order valence-electron chi connectivity index (χ2n) is 5.73. The number of amides is 1. The second kappa shape index (κ2) is 7.85. The van der Waals surface area contributed by atoms with Crippen LogP contribution >= 0.6 is 11.8 Å². The number of rotatable bonds is 4. The van der Waals surface area contributed by atoms with E-state index in [2.05, 4.69) is 0 Å². The number of hydrogen-bond acceptors (Lipinski definition) is 7. The number of fused-ring (bicyclic) bond motifs is 2. The Bertz CT molecular complexity index is 981. The number of aliphatic carboxylic acids is 1. The van der Waals surface area contributed by atoms with E-state index in [1.165, 1.54) is 22.7 Å². The van der Waals surface area contributed by atoms with Crippen molar-refractivity contribution in [1.82, 2.24) is 4.90 Å². The van der Waals surface area contributed by atoms with Crippen molar-refractivity contribution in [1.29, 1.82) is 0 Å². The van der Waals surface area contributed by atoms with Crippen molar-refractivity contribution in [2.45, 2.75) is 11.8 Å². The molecular weight excluding hydrogens is 374 g/mol. The van der Waals surface area contributed by atoms with Crippen LogP contribution < -0.4 is 10.4 Å². The molecule has 1 fully saturated rings. The Kier molecular flexibility index (Phi) is 5.52. The number of ether oxygens (including phenoxy) is 1. The summed E-state index contributed by atoms with van der Waals surface area (Å²) in [5.41, 5.74) is 0.517. The van der Waals surface area contributed by atoms with Crippen molar-refractivity contribution < 1.29 is 29.0 Å². The van der Waals surface area contributed by atoms with Crippen LogP contribution in [0, 0.1) is 0 Å². The predicted molar refractivity (Wildman–Crippen MR) is 98.5 cm³/mol. The molecular formula is C18H17NO7S. The molecule has 0 saturated carbocycles. The fourth-order valence-electron chi connectivity index (χ4n) is 2.89. The summed E-state index contributed by atoms with van der Waals surface area (Å²) in [6, 6.07) is 8.06. The molecule has 8 nitrogen and oxygen atoms in total. The lowest BCUT2D eigenvalue weighted by molar-refractivity contribution is -0.146. The second-order valence-corrected chi connectivity index (χ2v) is 6.90. The van der Waals surface area contributed by atoms with Gasteiger partial charge in [-0.25, -0.2) is 9.59 Å². The first-order valence-electron chi connectivity index (χ1n) is 8.03. The van der Waals surface area contributed by atoms with E-state index in [9.17, 15) is 19.5 Å². The fraction of sp³-hybridized carbons (Fsp3) is 0.278. The van der Waals surface area contributed by atoms with Crippen LogP contribution in [0.1, 0.15) is 6.42 Å². The highest BCUT2D eigenvalue weighted by atomic mass is 32.2. The monoisotopic (exact) mass is 391 g/mol. The Balaban J connectivity index is 0.00000102. The maximum absolute atomic E-state index is 11.7. The lowest BCUT2D eigenvalue weighted by Gasteiger charge is -2.43. The van der Waals surface area contributed by atoms with E-state index in [0.717, 1.165) is 12.5 Å². The lowest BCUT2D eigenvalue weighted by atomic mass is 10.1. The number of carboxylic acid groups (broad SMARTS) is 1. The van der Waals surface area contributed by atoms with Gasteiger partial charge in [0.1, 0.15) is 23.6 Å². The number of carbonyl (C=O) groups excluding carboxylic acids is 1. The van der Waals surface area contributed by atoms with Crippen LogP contribution in [-0.4, -0.2) is 51.8 Å². The Morgan fingerprint density at radius 3 is 2.74 bits per heavy atom. The summed E-state index contributed by atoms with van der Waals surface area (Å²) < 4.78 is 10.8. The standard InChI is InChI=1S/C17H13NO6S.CH4O/c19-13-6-14-18(13)16(17(21)22)10(8-25-14)7-23-11-3-1-9-2-4-15(20)24-12(9)5-11;1-2/h1-5,14H,6-8H2,(H,21,22);2H,1H3. The molecule has 1 aromatic carbocycles. The first-order valence-corrected chi connectivity index (χ1v) is 9.08. The number of hydrogen-bond donors (Lipinski definition) is 2. The van der Waals surface area contributed by atoms with Crippen molar-refractivity contribution in [3.05, 3.63) is 52.0 Å². The molecule has 3 heterocycles. The Morgan fingerprint density at radius 2 is 2.04 bits per heavy atom. The number of benzene rings is 1. The molecule has 0 bridgehead atoms. The topological polar surface area (TPSA) is 117 Å². The molecule has 2 aliphatic heterocycles. The molecule has 1 aromatic heterocycles. The summed E-state index contributed by atoms with van der Waals surface area (Å²) in [4.78, 5) is 35.9. The Morgan fingerprint density at radius 1 is 1.30 bits per heavy atom. The average molecular weight is 391 g/mol. The smallest absolute Gasteiger partial charge is 0.352 e. The van der Waals surface area contributed by atoms with Gasteiger partial charge in [-0.3, -0.25) is 9.69 Å². The lowest BCUT2D eigenvalue weighted by Crippen LogP contribution is -2.54. The molecule has 2 aliphatic rings. The molecule has 1 unspecified atom stereocenters. The average Bonchev–Trinajstić information content (AvgIpc) is 2.66. The van der Waals surface area contributed by atoms with Gasteiger partial charge in [-0.15, -0.1) is 11.8 Å². The van der Waals surface area contributed by atoms with E-state index in [0.29, 0.717) is 29.1 Å². The van der Waals surface area contributed by atoms with E-state index in [4.69, 9.17) is 14.3 Å². The van der Waals surface area contributed by atoms with E-state index < -0.39 is 11.6 Å². The van der Waals surface area contributed by atoms with Gasteiger partial charge in [-0.1, -0.05) is 0 Å². The highest BCUT2D eigenvalue weighted by Crippen LogP contribution is 2.40. The number of nitrogens with zero attached hydrogens (tertiary/aromatic N) is 1. The van der Waals surface area contributed by atoms with Crippen molar-refractivity contribution in [2.75, 3.05) is 19.5 Å². The van der Waals surface area contributed by atoms with Gasteiger partial charge >= 0.3 is 11.6 Å². The van der Waals surface area contributed by atoms with Gasteiger partial charge in [-0.2, -0.15) is 0 Å². The molecule has 1 atom stereocenters. The summed E-state index contributed by atoms with van der Waals surface area (Å²) in [6.45, 7) is 0.0493. The van der Waals surface area contributed by atoms with Gasteiger partial charge in [0.05, 0.1) is 11.8 Å². The number of carboxylic acids is 1. The number of aliphatic hydroxyl groups excluding tert-OH is 1. The van der Waals surface area contributed by atoms with Gasteiger partial charge < -0.3 is 19.4 Å². The SMILES string of the molecule is CO.O=C(O)C1=C(COc2ccc3ccc(=O)oc3c2)CSC2CC(=O)N12. The molecule has 0 radical (unpaired) electrons. The first kappa shape index (κ1) is 19.0. The molecule has 0 aliphatic carbocycles. The minimum absolute atomic E-state index is 0.0207. The highest BCUT2D eigenvalue weighted by molar-refractivity contribution is 8.00. The van der Waals surface area contributed by atoms with Crippen LogP contribution in [0.15, 0.2) is 50.8 Å². The van der Waals surface area contributed by atoms with Crippen molar-refractivity contribution in [3.8, 4) is 5.75 Å². The van der Waals surface area contributed by atoms with E-state index in [1.807, 2.05) is 0 Å². The van der Waals surface area contributed by atoms with E-state index in [-0.39, 0.29) is 23.6 Å². The molecule has 2 aromatic rings. The van der Waals surface area contributed by atoms with Gasteiger partial charge in [0.2, 0.25) is 5.91 Å². The van der Waals surface area contributed by atoms with Crippen molar-refractivity contribution >= 4 is 34.6 Å². The summed E-state index contributed by atoms with van der Waals surface area (Å²) >= 11 is 1.53. The van der Waals surface area contributed by atoms with Gasteiger partial charge in [-0.05, 0) is 18.2 Å². The van der Waals surface area contributed by atoms with Crippen LogP contribution in [0.25, 0.3) is 11.0 Å². The minimum atomic E-state index is -1.12. The Labute approximate surface area is 158 Å². The van der Waals surface area contributed by atoms with Crippen LogP contribution in [0.5, 0.6) is 5.75 Å². The normalized spacial score (nSPS) is 18.4. The third-order valence-corrected chi connectivity index (χ3v) is 5.42. The van der Waals surface area contributed by atoms with Crippen LogP contribution in [-0.2, 0) is 9.59 Å². The number of β-lactam (4-membered cyclic amide) rings is 1. The molecule has 27 heavy (non-hydrogen) atoms. The van der Waals surface area contributed by atoms with E-state index in [1.54, 1.807) is 24.3 Å². The van der Waals surface area contributed by atoms with Crippen LogP contribution in [0.4, 0.5) is 0 Å². The zero-order valence-electron chi connectivity index (χ0n) is 14.4. The molecule has 4 rings (SSSR count). The van der Waals surface area contributed by atoms with Crippen molar-refractivity contribution in [2.24, 2.45) is 0 Å². The zero-order valence-corrected chi connectivity index (χ0v) is 15.2. The molecule has 9 heteroatoms. The largest absolute Gasteiger partial charge is 0.489 e. The quantitative estimate of drug-likeness (QED) is 0.594. The summed E-state index contributed by atoms with van der Waals surface area (Å²) in [7, 11) is 1.00. The number of aliphatic hydroxyl groups is 1. The summed E-state index contributed by atoms with van der Waals surface area (Å²) in [5.74, 6) is -0.346. The van der Waals surface area contributed by atoms with Crippen molar-refractivity contribution in [3.63, 3.8) is 0 Å². The zero-order chi connectivity index (χ0) is 19.6. The van der Waals surface area contributed by atoms with Crippen LogP contribution in [0.3, 0.4) is 0 Å². The van der Waals surface area contributed by atoms with E-state index >= 15 is 0 Å². The van der Waals surface area contributed by atoms with Gasteiger partial charge in [0, 0.05) is 36.0 Å². The number of carbonyl (C=O) groups is 2. The summed E-state index contributed by atoms with van der Waals surface area (Å²) in [5, 5.41) is 17.1.